The van der Waals surface area contributed by atoms with Crippen LogP contribution in [0.25, 0.3) is 0 Å². The Morgan fingerprint density at radius 2 is 1.97 bits per heavy atom. The molecule has 1 N–H and O–H groups in total. The maximum Gasteiger partial charge on any atom is 0.263 e. The van der Waals surface area contributed by atoms with E-state index in [-0.39, 0.29) is 31.0 Å². The highest BCUT2D eigenvalue weighted by atomic mass is 32.1. The van der Waals surface area contributed by atoms with Crippen molar-refractivity contribution in [3.8, 4) is 5.75 Å². The summed E-state index contributed by atoms with van der Waals surface area (Å²) in [6.45, 7) is 2.94. The van der Waals surface area contributed by atoms with Crippen molar-refractivity contribution < 1.29 is 19.0 Å². The van der Waals surface area contributed by atoms with Crippen LogP contribution in [0.1, 0.15) is 33.6 Å². The lowest BCUT2D eigenvalue weighted by molar-refractivity contribution is 0.0588. The highest BCUT2D eigenvalue weighted by Crippen LogP contribution is 2.29. The van der Waals surface area contributed by atoms with Crippen molar-refractivity contribution in [2.24, 2.45) is 5.92 Å². The van der Waals surface area contributed by atoms with Gasteiger partial charge in [0.25, 0.3) is 5.91 Å². The summed E-state index contributed by atoms with van der Waals surface area (Å²) >= 11 is 1.44. The van der Waals surface area contributed by atoms with E-state index in [1.165, 1.54) is 23.0 Å². The third kappa shape index (κ3) is 6.69. The van der Waals surface area contributed by atoms with Crippen LogP contribution in [-0.4, -0.2) is 60.2 Å². The first-order valence-electron chi connectivity index (χ1n) is 12.1. The highest BCUT2D eigenvalue weighted by molar-refractivity contribution is 7.12. The molecule has 1 fully saturated rings. The van der Waals surface area contributed by atoms with Crippen LogP contribution in [0, 0.1) is 11.7 Å². The molecule has 0 spiro atoms. The molecule has 0 aliphatic carbocycles. The van der Waals surface area contributed by atoms with Crippen LogP contribution < -0.4 is 4.74 Å². The number of piperidine rings is 1. The van der Waals surface area contributed by atoms with Gasteiger partial charge in [0, 0.05) is 19.6 Å². The summed E-state index contributed by atoms with van der Waals surface area (Å²) in [6.07, 6.45) is 2.40. The van der Waals surface area contributed by atoms with E-state index in [9.17, 15) is 9.18 Å². The molecule has 1 aliphatic heterocycles. The minimum atomic E-state index is -0.213. The van der Waals surface area contributed by atoms with Crippen molar-refractivity contribution in [1.82, 2.24) is 9.80 Å². The third-order valence-electron chi connectivity index (χ3n) is 6.78. The predicted octanol–water partition coefficient (Wildman–Crippen LogP) is 4.85. The number of carbonyl (C=O) groups is 1. The average Bonchev–Trinajstić information content (AvgIpc) is 3.42. The minimum Gasteiger partial charge on any atom is -0.491 e. The summed E-state index contributed by atoms with van der Waals surface area (Å²) in [4.78, 5) is 18.2. The molecule has 7 heteroatoms. The molecule has 1 saturated heterocycles. The normalized spacial score (nSPS) is 15.6. The summed E-state index contributed by atoms with van der Waals surface area (Å²) in [6, 6.07) is 18.5. The summed E-state index contributed by atoms with van der Waals surface area (Å²) in [5, 5.41) is 10.9. The van der Waals surface area contributed by atoms with Gasteiger partial charge in [0.05, 0.1) is 11.5 Å². The molecule has 35 heavy (non-hydrogen) atoms. The fourth-order valence-electron chi connectivity index (χ4n) is 4.88. The zero-order valence-electron chi connectivity index (χ0n) is 20.1. The Bertz CT molecular complexity index is 1080. The number of likely N-dealkylation sites (N-methyl/N-ethyl adjacent to an activating group) is 1. The maximum atomic E-state index is 14.5. The fraction of sp³-hybridized carbons (Fsp3) is 0.393. The Labute approximate surface area is 210 Å². The number of likely N-dealkylation sites (tertiary alicyclic amines) is 1. The predicted molar refractivity (Wildman–Crippen MR) is 137 cm³/mol. The molecule has 1 amide bonds. The lowest BCUT2D eigenvalue weighted by Gasteiger charge is -2.40. The number of ether oxygens (including phenoxy) is 1. The molecule has 3 aromatic rings. The lowest BCUT2D eigenvalue weighted by Crippen LogP contribution is -2.47. The van der Waals surface area contributed by atoms with E-state index in [0.717, 1.165) is 38.2 Å². The van der Waals surface area contributed by atoms with E-state index in [1.54, 1.807) is 6.07 Å². The first-order chi connectivity index (χ1) is 17.0. The molecule has 2 aromatic carbocycles. The van der Waals surface area contributed by atoms with Crippen molar-refractivity contribution >= 4 is 17.2 Å². The van der Waals surface area contributed by atoms with Crippen molar-refractivity contribution in [1.29, 1.82) is 0 Å². The van der Waals surface area contributed by atoms with Gasteiger partial charge in [-0.25, -0.2) is 4.39 Å². The van der Waals surface area contributed by atoms with Crippen LogP contribution in [-0.2, 0) is 13.0 Å². The number of thiophene rings is 1. The largest absolute Gasteiger partial charge is 0.491 e. The number of amides is 1. The summed E-state index contributed by atoms with van der Waals surface area (Å²) in [5.41, 5.74) is 1.83. The molecule has 1 aromatic heterocycles. The Morgan fingerprint density at radius 1 is 1.17 bits per heavy atom. The van der Waals surface area contributed by atoms with E-state index < -0.39 is 0 Å². The van der Waals surface area contributed by atoms with Gasteiger partial charge in [-0.1, -0.05) is 36.4 Å². The number of rotatable bonds is 10. The van der Waals surface area contributed by atoms with E-state index in [1.807, 2.05) is 59.8 Å². The summed E-state index contributed by atoms with van der Waals surface area (Å²) < 4.78 is 20.1. The number of halogens is 1. The Kier molecular flexibility index (Phi) is 8.90. The zero-order valence-corrected chi connectivity index (χ0v) is 20.9. The molecule has 0 unspecified atom stereocenters. The quantitative estimate of drug-likeness (QED) is 0.436. The summed E-state index contributed by atoms with van der Waals surface area (Å²) in [5.74, 6) is 0.850. The van der Waals surface area contributed by atoms with Gasteiger partial charge in [0.1, 0.15) is 18.2 Å². The first kappa shape index (κ1) is 25.4. The molecule has 5 nitrogen and oxygen atoms in total. The zero-order chi connectivity index (χ0) is 24.6. The standard InChI is InChI=1S/C28H33FN2O3S/c1-30(28(33)27-10-5-17-35-27)26(19-23-7-2-3-9-25(23)29)22-11-13-31(14-12-22)20-21-6-4-8-24(18-21)34-16-15-32/h2-10,17-18,22,26,32H,11-16,19-20H2,1H3/t26-/m1/s1. The number of benzene rings is 2. The first-order valence-corrected chi connectivity index (χ1v) is 13.0. The van der Waals surface area contributed by atoms with Gasteiger partial charge in [-0.05, 0) is 79.0 Å². The number of nitrogens with zero attached hydrogens (tertiary/aromatic N) is 2. The molecule has 1 atom stereocenters. The van der Waals surface area contributed by atoms with Gasteiger partial charge in [-0.3, -0.25) is 9.69 Å². The van der Waals surface area contributed by atoms with Crippen LogP contribution in [0.3, 0.4) is 0 Å². The topological polar surface area (TPSA) is 53.0 Å². The van der Waals surface area contributed by atoms with Crippen molar-refractivity contribution in [3.63, 3.8) is 0 Å². The van der Waals surface area contributed by atoms with Crippen LogP contribution in [0.4, 0.5) is 4.39 Å². The lowest BCUT2D eigenvalue weighted by atomic mass is 9.84. The molecule has 0 radical (unpaired) electrons. The van der Waals surface area contributed by atoms with E-state index in [2.05, 4.69) is 11.0 Å². The van der Waals surface area contributed by atoms with E-state index in [0.29, 0.717) is 22.8 Å². The van der Waals surface area contributed by atoms with Crippen LogP contribution in [0.2, 0.25) is 0 Å². The Morgan fingerprint density at radius 3 is 2.69 bits per heavy atom. The smallest absolute Gasteiger partial charge is 0.263 e. The Hall–Kier alpha value is -2.74. The second-order valence-corrected chi connectivity index (χ2v) is 10.0. The van der Waals surface area contributed by atoms with Crippen LogP contribution in [0.5, 0.6) is 5.75 Å². The van der Waals surface area contributed by atoms with Crippen molar-refractivity contribution in [2.75, 3.05) is 33.4 Å². The van der Waals surface area contributed by atoms with Crippen molar-refractivity contribution in [2.45, 2.75) is 31.8 Å². The van der Waals surface area contributed by atoms with Gasteiger partial charge in [-0.2, -0.15) is 0 Å². The Balaban J connectivity index is 1.43. The maximum absolute atomic E-state index is 14.5. The minimum absolute atomic E-state index is 0.00321. The van der Waals surface area contributed by atoms with Gasteiger partial charge in [0.15, 0.2) is 0 Å². The van der Waals surface area contributed by atoms with Crippen LogP contribution >= 0.6 is 11.3 Å². The molecule has 2 heterocycles. The van der Waals surface area contributed by atoms with E-state index >= 15 is 0 Å². The molecular weight excluding hydrogens is 463 g/mol. The second-order valence-electron chi connectivity index (χ2n) is 9.09. The number of carbonyl (C=O) groups excluding carboxylic acids is 1. The van der Waals surface area contributed by atoms with Gasteiger partial charge in [0.2, 0.25) is 0 Å². The highest BCUT2D eigenvalue weighted by Gasteiger charge is 2.32. The number of aliphatic hydroxyl groups is 1. The van der Waals surface area contributed by atoms with Gasteiger partial charge >= 0.3 is 0 Å². The number of hydrogen-bond donors (Lipinski definition) is 1. The van der Waals surface area contributed by atoms with Crippen molar-refractivity contribution in [3.05, 3.63) is 87.9 Å². The average molecular weight is 497 g/mol. The van der Waals surface area contributed by atoms with Gasteiger partial charge in [-0.15, -0.1) is 11.3 Å². The van der Waals surface area contributed by atoms with E-state index in [4.69, 9.17) is 9.84 Å². The molecule has 1 aliphatic rings. The monoisotopic (exact) mass is 496 g/mol. The molecule has 0 bridgehead atoms. The molecule has 186 valence electrons. The number of hydrogen-bond acceptors (Lipinski definition) is 5. The van der Waals surface area contributed by atoms with Gasteiger partial charge < -0.3 is 14.7 Å². The van der Waals surface area contributed by atoms with Crippen LogP contribution in [0.15, 0.2) is 66.0 Å². The number of aliphatic hydroxyl groups excluding tert-OH is 1. The third-order valence-corrected chi connectivity index (χ3v) is 7.64. The molecule has 0 saturated carbocycles. The summed E-state index contributed by atoms with van der Waals surface area (Å²) in [7, 11) is 1.86. The second kappa shape index (κ2) is 12.3. The molecule has 4 rings (SSSR count). The SMILES string of the molecule is CN(C(=O)c1cccs1)[C@H](Cc1ccccc1F)C1CCN(Cc2cccc(OCCO)c2)CC1. The molecular formula is C28H33FN2O3S. The fourth-order valence-corrected chi connectivity index (χ4v) is 5.59.